The van der Waals surface area contributed by atoms with Gasteiger partial charge in [0.05, 0.1) is 10.0 Å². The second-order valence-corrected chi connectivity index (χ2v) is 7.44. The third-order valence-corrected chi connectivity index (χ3v) is 3.66. The number of hydrogen-bond acceptors (Lipinski definition) is 1. The summed E-state index contributed by atoms with van der Waals surface area (Å²) in [6, 6.07) is 5.83. The fourth-order valence-electron chi connectivity index (χ4n) is 1.77. The van der Waals surface area contributed by atoms with Crippen LogP contribution in [-0.4, -0.2) is 12.1 Å². The summed E-state index contributed by atoms with van der Waals surface area (Å²) in [4.78, 5) is 0. The van der Waals surface area contributed by atoms with Gasteiger partial charge in [0.2, 0.25) is 0 Å². The van der Waals surface area contributed by atoms with Gasteiger partial charge in [-0.3, -0.25) is 0 Å². The maximum Gasteiger partial charge on any atom is 0.0624 e. The van der Waals surface area contributed by atoms with E-state index in [0.29, 0.717) is 10.0 Å². The van der Waals surface area contributed by atoms with Crippen molar-refractivity contribution in [1.82, 2.24) is 5.32 Å². The smallest absolute Gasteiger partial charge is 0.0624 e. The van der Waals surface area contributed by atoms with Gasteiger partial charge >= 0.3 is 0 Å². The van der Waals surface area contributed by atoms with Crippen LogP contribution in [0.3, 0.4) is 0 Å². The Hall–Kier alpha value is -0.240. The average molecular weight is 288 g/mol. The van der Waals surface area contributed by atoms with Crippen LogP contribution >= 0.6 is 23.2 Å². The Balaban J connectivity index is 2.73. The molecule has 1 nitrogen and oxygen atoms in total. The Morgan fingerprint density at radius 2 is 1.67 bits per heavy atom. The zero-order chi connectivity index (χ0) is 14.0. The van der Waals surface area contributed by atoms with E-state index in [9.17, 15) is 0 Å². The van der Waals surface area contributed by atoms with E-state index < -0.39 is 0 Å². The van der Waals surface area contributed by atoms with Crippen LogP contribution in [0.1, 0.15) is 40.2 Å². The van der Waals surface area contributed by atoms with Crippen LogP contribution < -0.4 is 5.32 Å². The molecule has 0 atom stereocenters. The zero-order valence-electron chi connectivity index (χ0n) is 11.9. The molecule has 3 heteroatoms. The molecule has 18 heavy (non-hydrogen) atoms. The molecule has 0 saturated heterocycles. The molecular formula is C15H23Cl2N. The Kier molecular flexibility index (Phi) is 5.11. The topological polar surface area (TPSA) is 12.0 Å². The molecule has 0 spiro atoms. The molecule has 1 aromatic rings. The Morgan fingerprint density at radius 1 is 1.06 bits per heavy atom. The summed E-state index contributed by atoms with van der Waals surface area (Å²) in [6.45, 7) is 12.0. The van der Waals surface area contributed by atoms with E-state index in [-0.39, 0.29) is 11.0 Å². The van der Waals surface area contributed by atoms with Crippen LogP contribution in [0.2, 0.25) is 10.0 Å². The number of rotatable bonds is 4. The van der Waals surface area contributed by atoms with Crippen LogP contribution in [0.4, 0.5) is 0 Å². The molecule has 0 amide bonds. The van der Waals surface area contributed by atoms with E-state index in [2.05, 4.69) is 39.9 Å². The summed E-state index contributed by atoms with van der Waals surface area (Å²) >= 11 is 12.3. The average Bonchev–Trinajstić information content (AvgIpc) is 2.21. The number of benzene rings is 1. The van der Waals surface area contributed by atoms with Crippen LogP contribution in [0, 0.1) is 5.41 Å². The SMILES string of the molecule is CC(C)(CNC(C)(C)C)Cc1cccc(Cl)c1Cl. The van der Waals surface area contributed by atoms with E-state index >= 15 is 0 Å². The first kappa shape index (κ1) is 15.8. The highest BCUT2D eigenvalue weighted by molar-refractivity contribution is 6.42. The van der Waals surface area contributed by atoms with Gasteiger partial charge in [-0.2, -0.15) is 0 Å². The van der Waals surface area contributed by atoms with Crippen molar-refractivity contribution >= 4 is 23.2 Å². The Labute approximate surface area is 121 Å². The van der Waals surface area contributed by atoms with E-state index in [1.165, 1.54) is 0 Å². The van der Waals surface area contributed by atoms with Gasteiger partial charge in [0, 0.05) is 12.1 Å². The van der Waals surface area contributed by atoms with Gasteiger partial charge < -0.3 is 5.32 Å². The second-order valence-electron chi connectivity index (χ2n) is 6.66. The normalized spacial score (nSPS) is 12.8. The molecule has 0 aliphatic heterocycles. The summed E-state index contributed by atoms with van der Waals surface area (Å²) < 4.78 is 0. The minimum absolute atomic E-state index is 0.134. The van der Waals surface area contributed by atoms with Gasteiger partial charge in [0.25, 0.3) is 0 Å². The summed E-state index contributed by atoms with van der Waals surface area (Å²) in [5, 5.41) is 4.86. The van der Waals surface area contributed by atoms with Crippen molar-refractivity contribution < 1.29 is 0 Å². The number of halogens is 2. The molecule has 0 unspecified atom stereocenters. The monoisotopic (exact) mass is 287 g/mol. The van der Waals surface area contributed by atoms with E-state index in [4.69, 9.17) is 23.2 Å². The fourth-order valence-corrected chi connectivity index (χ4v) is 2.15. The summed E-state index contributed by atoms with van der Waals surface area (Å²) in [7, 11) is 0. The van der Waals surface area contributed by atoms with Crippen molar-refractivity contribution in [1.29, 1.82) is 0 Å². The van der Waals surface area contributed by atoms with Gasteiger partial charge in [0.1, 0.15) is 0 Å². The van der Waals surface area contributed by atoms with Crippen LogP contribution in [0.5, 0.6) is 0 Å². The predicted octanol–water partition coefficient (Wildman–Crippen LogP) is 4.95. The van der Waals surface area contributed by atoms with E-state index in [1.807, 2.05) is 18.2 Å². The van der Waals surface area contributed by atoms with Crippen molar-refractivity contribution in [2.75, 3.05) is 6.54 Å². The van der Waals surface area contributed by atoms with E-state index in [1.54, 1.807) is 0 Å². The molecule has 0 radical (unpaired) electrons. The quantitative estimate of drug-likeness (QED) is 0.826. The van der Waals surface area contributed by atoms with Crippen LogP contribution in [-0.2, 0) is 6.42 Å². The Bertz CT molecular complexity index is 405. The van der Waals surface area contributed by atoms with Crippen molar-refractivity contribution in [2.45, 2.75) is 46.6 Å². The molecule has 102 valence electrons. The van der Waals surface area contributed by atoms with Crippen molar-refractivity contribution in [3.63, 3.8) is 0 Å². The molecule has 0 bridgehead atoms. The van der Waals surface area contributed by atoms with Gasteiger partial charge in [0.15, 0.2) is 0 Å². The summed E-state index contributed by atoms with van der Waals surface area (Å²) in [5.41, 5.74) is 1.39. The minimum atomic E-state index is 0.134. The molecule has 0 aliphatic rings. The van der Waals surface area contributed by atoms with Crippen molar-refractivity contribution in [3.8, 4) is 0 Å². The first-order chi connectivity index (χ1) is 8.11. The molecule has 0 aromatic heterocycles. The van der Waals surface area contributed by atoms with Crippen molar-refractivity contribution in [2.24, 2.45) is 5.41 Å². The lowest BCUT2D eigenvalue weighted by Crippen LogP contribution is -2.42. The summed E-state index contributed by atoms with van der Waals surface area (Å²) in [6.07, 6.45) is 0.912. The molecule has 1 rings (SSSR count). The first-order valence-corrected chi connectivity index (χ1v) is 7.04. The maximum absolute atomic E-state index is 6.24. The highest BCUT2D eigenvalue weighted by Crippen LogP contribution is 2.31. The molecule has 0 fully saturated rings. The van der Waals surface area contributed by atoms with Gasteiger partial charge in [-0.05, 0) is 44.2 Å². The molecule has 0 heterocycles. The second kappa shape index (κ2) is 5.81. The van der Waals surface area contributed by atoms with Crippen molar-refractivity contribution in [3.05, 3.63) is 33.8 Å². The number of nitrogens with one attached hydrogen (secondary N) is 1. The lowest BCUT2D eigenvalue weighted by Gasteiger charge is -2.31. The lowest BCUT2D eigenvalue weighted by atomic mass is 9.85. The molecule has 1 aromatic carbocycles. The van der Waals surface area contributed by atoms with Crippen LogP contribution in [0.15, 0.2) is 18.2 Å². The molecular weight excluding hydrogens is 265 g/mol. The van der Waals surface area contributed by atoms with Gasteiger partial charge in [-0.15, -0.1) is 0 Å². The van der Waals surface area contributed by atoms with Crippen LogP contribution in [0.25, 0.3) is 0 Å². The molecule has 0 saturated carbocycles. The first-order valence-electron chi connectivity index (χ1n) is 6.29. The van der Waals surface area contributed by atoms with E-state index in [0.717, 1.165) is 18.5 Å². The fraction of sp³-hybridized carbons (Fsp3) is 0.600. The lowest BCUT2D eigenvalue weighted by molar-refractivity contribution is 0.289. The summed E-state index contributed by atoms with van der Waals surface area (Å²) in [5.74, 6) is 0. The highest BCUT2D eigenvalue weighted by atomic mass is 35.5. The minimum Gasteiger partial charge on any atom is -0.312 e. The van der Waals surface area contributed by atoms with Gasteiger partial charge in [-0.25, -0.2) is 0 Å². The third-order valence-electron chi connectivity index (χ3n) is 2.80. The van der Waals surface area contributed by atoms with Gasteiger partial charge in [-0.1, -0.05) is 49.2 Å². The third kappa shape index (κ3) is 5.17. The molecule has 1 N–H and O–H groups in total. The number of hydrogen-bond donors (Lipinski definition) is 1. The zero-order valence-corrected chi connectivity index (χ0v) is 13.4. The molecule has 0 aliphatic carbocycles. The predicted molar refractivity (Wildman–Crippen MR) is 81.7 cm³/mol. The standard InChI is InChI=1S/C15H23Cl2N/c1-14(2,3)18-10-15(4,5)9-11-7-6-8-12(16)13(11)17/h6-8,18H,9-10H2,1-5H3. The maximum atomic E-state index is 6.24. The Morgan fingerprint density at radius 3 is 2.22 bits per heavy atom. The largest absolute Gasteiger partial charge is 0.312 e. The highest BCUT2D eigenvalue weighted by Gasteiger charge is 2.22.